The Kier molecular flexibility index (Phi) is 3.98. The van der Waals surface area contributed by atoms with Gasteiger partial charge in [-0.2, -0.15) is 0 Å². The number of hydrogen-bond acceptors (Lipinski definition) is 5. The third-order valence-electron chi connectivity index (χ3n) is 4.73. The van der Waals surface area contributed by atoms with Gasteiger partial charge in [-0.25, -0.2) is 9.97 Å². The number of aromatic nitrogens is 5. The van der Waals surface area contributed by atoms with Crippen molar-refractivity contribution in [1.29, 1.82) is 0 Å². The van der Waals surface area contributed by atoms with E-state index in [1.165, 1.54) is 0 Å². The molecule has 5 rings (SSSR count). The Labute approximate surface area is 166 Å². The first kappa shape index (κ1) is 16.8. The quantitative estimate of drug-likeness (QED) is 0.433. The smallest absolute Gasteiger partial charge is 0.125 e. The zero-order valence-electron chi connectivity index (χ0n) is 15.5. The van der Waals surface area contributed by atoms with Gasteiger partial charge in [-0.3, -0.25) is 9.97 Å². The zero-order chi connectivity index (χ0) is 19.1. The molecular weight excluding hydrogens is 366 g/mol. The molecule has 0 N–H and O–H groups in total. The van der Waals surface area contributed by atoms with Gasteiger partial charge in [0.05, 0.1) is 33.2 Å². The molecule has 0 spiro atoms. The second-order valence-electron chi connectivity index (χ2n) is 6.61. The first-order valence-corrected chi connectivity index (χ1v) is 9.78. The topological polar surface area (TPSA) is 56.5 Å². The third-order valence-corrected chi connectivity index (χ3v) is 5.96. The number of rotatable bonds is 3. The highest BCUT2D eigenvalue weighted by molar-refractivity contribution is 7.18. The van der Waals surface area contributed by atoms with Crippen molar-refractivity contribution < 1.29 is 0 Å². The minimum Gasteiger partial charge on any atom is -0.350 e. The van der Waals surface area contributed by atoms with E-state index in [2.05, 4.69) is 39.9 Å². The Morgan fingerprint density at radius 2 is 1.89 bits per heavy atom. The van der Waals surface area contributed by atoms with E-state index in [1.54, 1.807) is 23.7 Å². The van der Waals surface area contributed by atoms with E-state index >= 15 is 0 Å². The molecule has 28 heavy (non-hydrogen) atoms. The van der Waals surface area contributed by atoms with Crippen LogP contribution in [0.3, 0.4) is 0 Å². The molecule has 0 atom stereocenters. The molecule has 0 aliphatic heterocycles. The van der Waals surface area contributed by atoms with Crippen LogP contribution in [0.25, 0.3) is 43.4 Å². The largest absolute Gasteiger partial charge is 0.350 e. The van der Waals surface area contributed by atoms with Gasteiger partial charge < -0.3 is 4.57 Å². The molecule has 5 aromatic heterocycles. The van der Waals surface area contributed by atoms with Crippen molar-refractivity contribution >= 4 is 22.2 Å². The maximum absolute atomic E-state index is 5.00. The summed E-state index contributed by atoms with van der Waals surface area (Å²) in [5.41, 5.74) is 5.80. The summed E-state index contributed by atoms with van der Waals surface area (Å²) in [5, 5.41) is 2.05. The van der Waals surface area contributed by atoms with Gasteiger partial charge in [-0.15, -0.1) is 11.3 Å². The fraction of sp³-hybridized carbons (Fsp3) is 0.0909. The normalized spacial score (nSPS) is 11.2. The van der Waals surface area contributed by atoms with Crippen molar-refractivity contribution in [3.63, 3.8) is 0 Å². The molecule has 6 heteroatoms. The monoisotopic (exact) mass is 383 g/mol. The number of aryl methyl sites for hydroxylation is 2. The molecule has 0 aliphatic rings. The molecule has 136 valence electrons. The number of hydrogen-bond donors (Lipinski definition) is 0. The molecule has 0 radical (unpaired) electrons. The molecule has 0 saturated carbocycles. The second-order valence-corrected chi connectivity index (χ2v) is 7.60. The van der Waals surface area contributed by atoms with Gasteiger partial charge in [0.15, 0.2) is 0 Å². The van der Waals surface area contributed by atoms with Crippen molar-refractivity contribution in [3.05, 3.63) is 72.9 Å². The number of nitrogens with zero attached hydrogens (tertiary/aromatic N) is 5. The molecule has 0 aromatic carbocycles. The van der Waals surface area contributed by atoms with Crippen molar-refractivity contribution in [3.8, 4) is 32.5 Å². The Morgan fingerprint density at radius 3 is 2.68 bits per heavy atom. The van der Waals surface area contributed by atoms with Gasteiger partial charge in [0.2, 0.25) is 0 Å². The second kappa shape index (κ2) is 6.65. The lowest BCUT2D eigenvalue weighted by Crippen LogP contribution is -1.93. The predicted octanol–water partition coefficient (Wildman–Crippen LogP) is 5.13. The van der Waals surface area contributed by atoms with Crippen LogP contribution in [0.5, 0.6) is 0 Å². The van der Waals surface area contributed by atoms with Gasteiger partial charge >= 0.3 is 0 Å². The highest BCUT2D eigenvalue weighted by atomic mass is 32.1. The lowest BCUT2D eigenvalue weighted by Gasteiger charge is -2.07. The van der Waals surface area contributed by atoms with Crippen LogP contribution < -0.4 is 0 Å². The van der Waals surface area contributed by atoms with Gasteiger partial charge in [0.1, 0.15) is 5.01 Å². The molecule has 0 bridgehead atoms. The molecule has 0 amide bonds. The highest BCUT2D eigenvalue weighted by Crippen LogP contribution is 2.37. The molecule has 0 fully saturated rings. The fourth-order valence-corrected chi connectivity index (χ4v) is 4.34. The van der Waals surface area contributed by atoms with Crippen molar-refractivity contribution in [2.45, 2.75) is 6.92 Å². The van der Waals surface area contributed by atoms with E-state index in [1.807, 2.05) is 43.5 Å². The number of thiazole rings is 1. The summed E-state index contributed by atoms with van der Waals surface area (Å²) in [7, 11) is 2.05. The first-order valence-electron chi connectivity index (χ1n) is 8.96. The Hall–Kier alpha value is -3.38. The van der Waals surface area contributed by atoms with Crippen LogP contribution in [0.15, 0.2) is 67.3 Å². The Morgan fingerprint density at radius 1 is 0.964 bits per heavy atom. The van der Waals surface area contributed by atoms with E-state index in [9.17, 15) is 0 Å². The summed E-state index contributed by atoms with van der Waals surface area (Å²) < 4.78 is 2.12. The summed E-state index contributed by atoms with van der Waals surface area (Å²) in [6, 6.07) is 14.1. The third kappa shape index (κ3) is 2.78. The predicted molar refractivity (Wildman–Crippen MR) is 113 cm³/mol. The lowest BCUT2D eigenvalue weighted by atomic mass is 10.1. The SMILES string of the molecule is Cc1nc(-c2cccnc2)sc1-c1cc2c(ccn2C)c(-c2ccccn2)n1. The summed E-state index contributed by atoms with van der Waals surface area (Å²) in [6.07, 6.45) is 7.48. The molecule has 5 nitrogen and oxygen atoms in total. The molecule has 0 saturated heterocycles. The van der Waals surface area contributed by atoms with Gasteiger partial charge in [-0.1, -0.05) is 6.07 Å². The lowest BCUT2D eigenvalue weighted by molar-refractivity contribution is 0.968. The summed E-state index contributed by atoms with van der Waals surface area (Å²) in [5.74, 6) is 0. The minimum atomic E-state index is 0.871. The van der Waals surface area contributed by atoms with Crippen LogP contribution in [-0.2, 0) is 7.05 Å². The van der Waals surface area contributed by atoms with Crippen LogP contribution in [0, 0.1) is 6.92 Å². The average Bonchev–Trinajstić information content (AvgIpc) is 3.32. The summed E-state index contributed by atoms with van der Waals surface area (Å²) in [4.78, 5) is 19.6. The van der Waals surface area contributed by atoms with E-state index in [4.69, 9.17) is 9.97 Å². The van der Waals surface area contributed by atoms with Crippen LogP contribution in [-0.4, -0.2) is 24.5 Å². The Balaban J connectivity index is 1.72. The summed E-state index contributed by atoms with van der Waals surface area (Å²) in [6.45, 7) is 2.03. The van der Waals surface area contributed by atoms with E-state index in [-0.39, 0.29) is 0 Å². The molecular formula is C22H17N5S. The summed E-state index contributed by atoms with van der Waals surface area (Å²) >= 11 is 1.64. The van der Waals surface area contributed by atoms with Crippen LogP contribution in [0.2, 0.25) is 0 Å². The number of pyridine rings is 3. The number of fused-ring (bicyclic) bond motifs is 1. The average molecular weight is 383 g/mol. The minimum absolute atomic E-state index is 0.871. The standard InChI is InChI=1S/C22H17N5S/c1-14-21(28-22(25-14)15-6-5-9-23-13-15)18-12-19-16(8-11-27(19)2)20(26-18)17-7-3-4-10-24-17/h3-13H,1-2H3. The fourth-order valence-electron chi connectivity index (χ4n) is 3.33. The van der Waals surface area contributed by atoms with Crippen LogP contribution in [0.4, 0.5) is 0 Å². The van der Waals surface area contributed by atoms with Gasteiger partial charge in [0, 0.05) is 42.8 Å². The maximum atomic E-state index is 5.00. The van der Waals surface area contributed by atoms with Crippen LogP contribution >= 0.6 is 11.3 Å². The van der Waals surface area contributed by atoms with Crippen molar-refractivity contribution in [2.75, 3.05) is 0 Å². The van der Waals surface area contributed by atoms with Gasteiger partial charge in [-0.05, 0) is 43.3 Å². The molecule has 5 heterocycles. The molecule has 5 aromatic rings. The Bertz CT molecular complexity index is 1270. The molecule has 0 unspecified atom stereocenters. The van der Waals surface area contributed by atoms with E-state index < -0.39 is 0 Å². The van der Waals surface area contributed by atoms with Crippen molar-refractivity contribution in [1.82, 2.24) is 24.5 Å². The zero-order valence-corrected chi connectivity index (χ0v) is 16.3. The molecule has 0 aliphatic carbocycles. The highest BCUT2D eigenvalue weighted by Gasteiger charge is 2.17. The van der Waals surface area contributed by atoms with Crippen molar-refractivity contribution in [2.24, 2.45) is 7.05 Å². The van der Waals surface area contributed by atoms with E-state index in [0.717, 1.165) is 49.1 Å². The first-order chi connectivity index (χ1) is 13.7. The van der Waals surface area contributed by atoms with Crippen LogP contribution in [0.1, 0.15) is 5.69 Å². The van der Waals surface area contributed by atoms with E-state index in [0.29, 0.717) is 0 Å². The van der Waals surface area contributed by atoms with Gasteiger partial charge in [0.25, 0.3) is 0 Å². The maximum Gasteiger partial charge on any atom is 0.125 e.